The van der Waals surface area contributed by atoms with E-state index in [-0.39, 0.29) is 28.4 Å². The molecule has 2 rings (SSSR count). The van der Waals surface area contributed by atoms with E-state index in [9.17, 15) is 14.9 Å². The smallest absolute Gasteiger partial charge is 0.271 e. The maximum Gasteiger partial charge on any atom is 0.271 e. The van der Waals surface area contributed by atoms with Gasteiger partial charge in [-0.1, -0.05) is 11.6 Å². The Balaban J connectivity index is 2.15. The van der Waals surface area contributed by atoms with E-state index in [0.29, 0.717) is 13.1 Å². The fourth-order valence-corrected chi connectivity index (χ4v) is 2.34. The van der Waals surface area contributed by atoms with Crippen LogP contribution in [0.15, 0.2) is 18.2 Å². The van der Waals surface area contributed by atoms with Gasteiger partial charge in [-0.05, 0) is 6.07 Å². The van der Waals surface area contributed by atoms with Gasteiger partial charge in [0.15, 0.2) is 0 Å². The highest BCUT2D eigenvalue weighted by Crippen LogP contribution is 2.21. The number of nitrogens with zero attached hydrogens (tertiary/aromatic N) is 1. The molecule has 2 N–H and O–H groups in total. The van der Waals surface area contributed by atoms with Crippen LogP contribution in [-0.4, -0.2) is 43.2 Å². The first-order valence-electron chi connectivity index (χ1n) is 6.00. The van der Waals surface area contributed by atoms with E-state index in [1.165, 1.54) is 18.2 Å². The van der Waals surface area contributed by atoms with Gasteiger partial charge in [-0.25, -0.2) is 0 Å². The number of amides is 1. The molecule has 1 saturated heterocycles. The molecular formula is C12H14ClN3O4. The minimum Gasteiger partial charge on any atom is -0.378 e. The summed E-state index contributed by atoms with van der Waals surface area (Å²) < 4.78 is 5.23. The number of rotatable bonds is 4. The molecule has 20 heavy (non-hydrogen) atoms. The second-order valence-corrected chi connectivity index (χ2v) is 4.90. The summed E-state index contributed by atoms with van der Waals surface area (Å²) in [5.41, 5.74) is -0.0542. The highest BCUT2D eigenvalue weighted by Gasteiger charge is 2.28. The molecule has 7 nitrogen and oxygen atoms in total. The van der Waals surface area contributed by atoms with Gasteiger partial charge in [0.1, 0.15) is 0 Å². The topological polar surface area (TPSA) is 93.5 Å². The Kier molecular flexibility index (Phi) is 4.53. The van der Waals surface area contributed by atoms with Crippen LogP contribution >= 0.6 is 11.6 Å². The third-order valence-electron chi connectivity index (χ3n) is 3.13. The average molecular weight is 300 g/mol. The molecule has 0 spiro atoms. The number of methoxy groups -OCH3 is 1. The number of non-ortho nitro benzene ring substituents is 1. The fourth-order valence-electron chi connectivity index (χ4n) is 2.11. The van der Waals surface area contributed by atoms with Gasteiger partial charge in [0.2, 0.25) is 0 Å². The van der Waals surface area contributed by atoms with E-state index < -0.39 is 10.8 Å². The molecule has 1 aromatic carbocycles. The fraction of sp³-hybridized carbons (Fsp3) is 0.417. The van der Waals surface area contributed by atoms with Crippen molar-refractivity contribution in [1.29, 1.82) is 0 Å². The van der Waals surface area contributed by atoms with E-state index >= 15 is 0 Å². The van der Waals surface area contributed by atoms with E-state index in [1.54, 1.807) is 7.11 Å². The van der Waals surface area contributed by atoms with E-state index in [2.05, 4.69) is 10.6 Å². The van der Waals surface area contributed by atoms with Crippen LogP contribution in [0.3, 0.4) is 0 Å². The van der Waals surface area contributed by atoms with Crippen LogP contribution < -0.4 is 10.6 Å². The molecule has 0 saturated carbocycles. The van der Waals surface area contributed by atoms with Crippen molar-refractivity contribution in [2.45, 2.75) is 12.1 Å². The number of ether oxygens (including phenoxy) is 1. The Labute approximate surface area is 120 Å². The Bertz CT molecular complexity index is 537. The van der Waals surface area contributed by atoms with Crippen molar-refractivity contribution in [3.8, 4) is 0 Å². The zero-order chi connectivity index (χ0) is 14.7. The molecule has 1 aliphatic rings. The monoisotopic (exact) mass is 299 g/mol. The first-order chi connectivity index (χ1) is 9.51. The number of hydrogen-bond donors (Lipinski definition) is 2. The van der Waals surface area contributed by atoms with Gasteiger partial charge in [0.25, 0.3) is 11.6 Å². The van der Waals surface area contributed by atoms with Crippen LogP contribution in [0.5, 0.6) is 0 Å². The highest BCUT2D eigenvalue weighted by atomic mass is 35.5. The summed E-state index contributed by atoms with van der Waals surface area (Å²) in [6.07, 6.45) is -0.117. The van der Waals surface area contributed by atoms with Crippen molar-refractivity contribution >= 4 is 23.2 Å². The molecular weight excluding hydrogens is 286 g/mol. The summed E-state index contributed by atoms with van der Waals surface area (Å²) in [6.45, 7) is 1.24. The van der Waals surface area contributed by atoms with Crippen LogP contribution in [-0.2, 0) is 4.74 Å². The number of nitro benzene ring substituents is 1. The minimum absolute atomic E-state index is 0.117. The maximum atomic E-state index is 12.1. The van der Waals surface area contributed by atoms with Crippen molar-refractivity contribution in [3.63, 3.8) is 0 Å². The molecule has 1 heterocycles. The third-order valence-corrected chi connectivity index (χ3v) is 3.35. The number of carbonyl (C=O) groups is 1. The molecule has 0 aliphatic carbocycles. The number of benzene rings is 1. The zero-order valence-corrected chi connectivity index (χ0v) is 11.5. The SMILES string of the molecule is CO[C@H]1CNCC1NC(=O)c1cc(Cl)cc([N+](=O)[O-])c1. The molecule has 108 valence electrons. The van der Waals surface area contributed by atoms with Crippen LogP contribution in [0.2, 0.25) is 5.02 Å². The Morgan fingerprint density at radius 2 is 2.25 bits per heavy atom. The van der Waals surface area contributed by atoms with Gasteiger partial charge >= 0.3 is 0 Å². The second kappa shape index (κ2) is 6.17. The van der Waals surface area contributed by atoms with Gasteiger partial charge in [-0.2, -0.15) is 0 Å². The molecule has 1 aliphatic heterocycles. The Morgan fingerprint density at radius 3 is 2.90 bits per heavy atom. The van der Waals surface area contributed by atoms with Crippen LogP contribution in [0.4, 0.5) is 5.69 Å². The minimum atomic E-state index is -0.586. The number of halogens is 1. The molecule has 1 amide bonds. The lowest BCUT2D eigenvalue weighted by Crippen LogP contribution is -2.43. The molecule has 0 bridgehead atoms. The van der Waals surface area contributed by atoms with E-state index in [4.69, 9.17) is 16.3 Å². The summed E-state index contributed by atoms with van der Waals surface area (Å²) in [4.78, 5) is 22.3. The summed E-state index contributed by atoms with van der Waals surface area (Å²) in [7, 11) is 1.57. The molecule has 1 fully saturated rings. The summed E-state index contributed by atoms with van der Waals surface area (Å²) in [5, 5.41) is 16.8. The Hall–Kier alpha value is -1.70. The molecule has 1 unspecified atom stereocenters. The van der Waals surface area contributed by atoms with Crippen LogP contribution in [0.25, 0.3) is 0 Å². The van der Waals surface area contributed by atoms with Crippen molar-refractivity contribution in [2.75, 3.05) is 20.2 Å². The third kappa shape index (κ3) is 3.24. The zero-order valence-electron chi connectivity index (χ0n) is 10.8. The second-order valence-electron chi connectivity index (χ2n) is 4.47. The van der Waals surface area contributed by atoms with Crippen molar-refractivity contribution in [3.05, 3.63) is 38.9 Å². The predicted octanol–water partition coefficient (Wildman–Crippen LogP) is 0.965. The first-order valence-corrected chi connectivity index (χ1v) is 6.38. The van der Waals surface area contributed by atoms with Gasteiger partial charge in [-0.15, -0.1) is 0 Å². The van der Waals surface area contributed by atoms with Gasteiger partial charge in [0, 0.05) is 42.9 Å². The predicted molar refractivity (Wildman–Crippen MR) is 73.0 cm³/mol. The lowest BCUT2D eigenvalue weighted by molar-refractivity contribution is -0.384. The normalized spacial score (nSPS) is 21.7. The Morgan fingerprint density at radius 1 is 1.50 bits per heavy atom. The molecule has 2 atom stereocenters. The summed E-state index contributed by atoms with van der Waals surface area (Å²) >= 11 is 5.79. The first kappa shape index (κ1) is 14.7. The van der Waals surface area contributed by atoms with Crippen molar-refractivity contribution in [1.82, 2.24) is 10.6 Å². The maximum absolute atomic E-state index is 12.1. The standard InChI is InChI=1S/C12H14ClN3O4/c1-20-11-6-14-5-10(11)15-12(17)7-2-8(13)4-9(3-7)16(18)19/h2-4,10-11,14H,5-6H2,1H3,(H,15,17)/t10?,11-/m0/s1. The van der Waals surface area contributed by atoms with Crippen molar-refractivity contribution < 1.29 is 14.5 Å². The average Bonchev–Trinajstić information content (AvgIpc) is 2.85. The molecule has 1 aromatic rings. The quantitative estimate of drug-likeness (QED) is 0.638. The number of nitro groups is 1. The number of hydrogen-bond acceptors (Lipinski definition) is 5. The summed E-state index contributed by atoms with van der Waals surface area (Å²) in [5.74, 6) is -0.411. The summed E-state index contributed by atoms with van der Waals surface area (Å²) in [6, 6.07) is 3.62. The van der Waals surface area contributed by atoms with E-state index in [0.717, 1.165) is 0 Å². The van der Waals surface area contributed by atoms with E-state index in [1.807, 2.05) is 0 Å². The van der Waals surface area contributed by atoms with Crippen LogP contribution in [0, 0.1) is 10.1 Å². The molecule has 8 heteroatoms. The van der Waals surface area contributed by atoms with Crippen molar-refractivity contribution in [2.24, 2.45) is 0 Å². The van der Waals surface area contributed by atoms with Gasteiger partial charge in [0.05, 0.1) is 17.1 Å². The lowest BCUT2D eigenvalue weighted by Gasteiger charge is -2.18. The largest absolute Gasteiger partial charge is 0.378 e. The van der Waals surface area contributed by atoms with Crippen LogP contribution in [0.1, 0.15) is 10.4 Å². The number of nitrogens with one attached hydrogen (secondary N) is 2. The molecule has 0 aromatic heterocycles. The van der Waals surface area contributed by atoms with Gasteiger partial charge < -0.3 is 15.4 Å². The highest BCUT2D eigenvalue weighted by molar-refractivity contribution is 6.31. The lowest BCUT2D eigenvalue weighted by atomic mass is 10.1. The van der Waals surface area contributed by atoms with Gasteiger partial charge in [-0.3, -0.25) is 14.9 Å². The molecule has 0 radical (unpaired) electrons. The number of carbonyl (C=O) groups excluding carboxylic acids is 1.